The lowest BCUT2D eigenvalue weighted by atomic mass is 9.84. The summed E-state index contributed by atoms with van der Waals surface area (Å²) in [5.41, 5.74) is 13.3. The molecule has 0 bridgehead atoms. The summed E-state index contributed by atoms with van der Waals surface area (Å²) >= 11 is 0. The van der Waals surface area contributed by atoms with Crippen LogP contribution in [0.1, 0.15) is 15.9 Å². The standard InChI is InChI=1S/C49H33O2S/c50-49-45-31-37(43-27-39(33-13-5-1-6-14-33)25-40(28-43)34-15-7-2-8-16-34)21-23-47(45)52(51)48-24-22-38(32-46(48)49)44-29-41(35-17-9-3-10-18-35)26-42(30-44)36-19-11-4-12-20-36/h1-32,45H/q-1. The molecule has 0 N–H and O–H groups in total. The van der Waals surface area contributed by atoms with Crippen molar-refractivity contribution in [1.29, 1.82) is 0 Å². The molecule has 52 heavy (non-hydrogen) atoms. The average Bonchev–Trinajstić information content (AvgIpc) is 3.23. The van der Waals surface area contributed by atoms with Gasteiger partial charge in [0.05, 0.1) is 0 Å². The molecule has 2 aliphatic rings. The van der Waals surface area contributed by atoms with E-state index in [4.69, 9.17) is 0 Å². The van der Waals surface area contributed by atoms with Crippen molar-refractivity contribution >= 4 is 26.6 Å². The minimum Gasteiger partial charge on any atom is -0.457 e. The van der Waals surface area contributed by atoms with Crippen molar-refractivity contribution in [3.05, 3.63) is 205 Å². The average molecular weight is 686 g/mol. The molecule has 0 fully saturated rings. The first kappa shape index (κ1) is 31.7. The molecule has 7 aromatic carbocycles. The molecule has 9 rings (SSSR count). The molecule has 0 saturated heterocycles. The third-order valence-electron chi connectivity index (χ3n) is 9.98. The maximum atomic E-state index is 14.5. The summed E-state index contributed by atoms with van der Waals surface area (Å²) in [6.45, 7) is 0. The van der Waals surface area contributed by atoms with Crippen LogP contribution in [0.5, 0.6) is 0 Å². The molecule has 1 atom stereocenters. The second kappa shape index (κ2) is 13.4. The van der Waals surface area contributed by atoms with E-state index < -0.39 is 16.3 Å². The molecule has 1 aliphatic heterocycles. The number of Topliss-reactive ketones (excluding diaryl/α,β-unsaturated/α-hetero) is 1. The Balaban J connectivity index is 1.13. The van der Waals surface area contributed by atoms with E-state index in [-0.39, 0.29) is 5.78 Å². The number of carbonyl (C=O) groups is 1. The van der Waals surface area contributed by atoms with Gasteiger partial charge in [0.15, 0.2) is 5.78 Å². The second-order valence-corrected chi connectivity index (χ2v) is 14.7. The number of allylic oxidation sites excluding steroid dienone is 4. The van der Waals surface area contributed by atoms with Gasteiger partial charge in [-0.25, -0.2) is 10.4 Å². The van der Waals surface area contributed by atoms with Crippen LogP contribution in [-0.4, -0.2) is 10.6 Å². The summed E-state index contributed by atoms with van der Waals surface area (Å²) in [5.74, 6) is -0.641. The van der Waals surface area contributed by atoms with E-state index in [1.54, 1.807) is 0 Å². The van der Waals surface area contributed by atoms with Crippen LogP contribution in [0, 0.1) is 5.92 Å². The predicted molar refractivity (Wildman–Crippen MR) is 216 cm³/mol. The summed E-state index contributed by atoms with van der Waals surface area (Å²) in [7, 11) is -1.46. The number of benzene rings is 7. The Labute approximate surface area is 306 Å². The highest BCUT2D eigenvalue weighted by atomic mass is 32.2. The van der Waals surface area contributed by atoms with Gasteiger partial charge in [-0.05, 0) is 109 Å². The SMILES string of the molecule is O=C1c2cc(-c3cc(-c4ccccc4)cc(-c4ccccc4)c3)ccc2[S-](=O)=C2C=CC(c3cc(-c4ccccc4)cc(-c4ccccc4)c3)=CC12. The molecule has 1 heterocycles. The van der Waals surface area contributed by atoms with Crippen molar-refractivity contribution in [3.63, 3.8) is 0 Å². The highest BCUT2D eigenvalue weighted by Gasteiger charge is 2.27. The van der Waals surface area contributed by atoms with Crippen molar-refractivity contribution in [1.82, 2.24) is 0 Å². The van der Waals surface area contributed by atoms with Crippen molar-refractivity contribution < 1.29 is 9.00 Å². The van der Waals surface area contributed by atoms with E-state index in [1.165, 1.54) is 0 Å². The molecule has 0 aromatic heterocycles. The molecular weight excluding hydrogens is 653 g/mol. The van der Waals surface area contributed by atoms with Crippen LogP contribution in [0.15, 0.2) is 199 Å². The third kappa shape index (κ3) is 5.96. The summed E-state index contributed by atoms with van der Waals surface area (Å²) in [4.78, 5) is 15.7. The van der Waals surface area contributed by atoms with Gasteiger partial charge in [-0.2, -0.15) is 0 Å². The Bertz CT molecular complexity index is 2510. The first-order valence-electron chi connectivity index (χ1n) is 17.5. The number of hydrogen-bond donors (Lipinski definition) is 0. The highest BCUT2D eigenvalue weighted by Crippen LogP contribution is 2.38. The predicted octanol–water partition coefficient (Wildman–Crippen LogP) is 12.0. The molecule has 0 radical (unpaired) electrons. The van der Waals surface area contributed by atoms with Crippen molar-refractivity contribution in [3.8, 4) is 55.6 Å². The van der Waals surface area contributed by atoms with E-state index in [0.29, 0.717) is 15.3 Å². The third-order valence-corrected chi connectivity index (χ3v) is 11.6. The largest absolute Gasteiger partial charge is 0.457 e. The Morgan fingerprint density at radius 3 is 1.23 bits per heavy atom. The number of carbonyl (C=O) groups excluding carboxylic acids is 1. The minimum atomic E-state index is -1.46. The van der Waals surface area contributed by atoms with Gasteiger partial charge in [0.1, 0.15) is 0 Å². The monoisotopic (exact) mass is 685 g/mol. The first-order valence-corrected chi connectivity index (χ1v) is 18.6. The van der Waals surface area contributed by atoms with Crippen molar-refractivity contribution in [2.24, 2.45) is 5.92 Å². The van der Waals surface area contributed by atoms with Crippen LogP contribution < -0.4 is 0 Å². The van der Waals surface area contributed by atoms with Crippen molar-refractivity contribution in [2.75, 3.05) is 0 Å². The fourth-order valence-corrected chi connectivity index (χ4v) is 8.71. The van der Waals surface area contributed by atoms with E-state index >= 15 is 0 Å². The summed E-state index contributed by atoms with van der Waals surface area (Å²) < 4.78 is 14.1. The summed E-state index contributed by atoms with van der Waals surface area (Å²) in [5, 5.41) is 0. The van der Waals surface area contributed by atoms with Crippen LogP contribution in [0.25, 0.3) is 61.2 Å². The van der Waals surface area contributed by atoms with Gasteiger partial charge in [-0.1, -0.05) is 152 Å². The van der Waals surface area contributed by atoms with E-state index in [2.05, 4.69) is 84.9 Å². The topological polar surface area (TPSA) is 34.1 Å². The van der Waals surface area contributed by atoms with Crippen LogP contribution in [0.2, 0.25) is 0 Å². The quantitative estimate of drug-likeness (QED) is 0.129. The molecule has 0 saturated carbocycles. The summed E-state index contributed by atoms with van der Waals surface area (Å²) in [6.07, 6.45) is 5.92. The van der Waals surface area contributed by atoms with Gasteiger partial charge in [0.2, 0.25) is 0 Å². The fraction of sp³-hybridized carbons (Fsp3) is 0.0204. The second-order valence-electron chi connectivity index (χ2n) is 13.2. The number of ketones is 1. The smallest absolute Gasteiger partial charge is 0.170 e. The molecule has 3 heteroatoms. The molecule has 1 unspecified atom stereocenters. The zero-order chi connectivity index (χ0) is 35.0. The van der Waals surface area contributed by atoms with Crippen molar-refractivity contribution in [2.45, 2.75) is 4.90 Å². The number of hydrogen-bond acceptors (Lipinski definition) is 3. The van der Waals surface area contributed by atoms with Gasteiger partial charge in [0, 0.05) is 11.5 Å². The molecule has 0 spiro atoms. The molecule has 0 amide bonds. The van der Waals surface area contributed by atoms with Gasteiger partial charge < -0.3 is 4.21 Å². The molecule has 1 aliphatic carbocycles. The Morgan fingerprint density at radius 2 is 0.788 bits per heavy atom. The van der Waals surface area contributed by atoms with Gasteiger partial charge in [-0.15, -0.1) is 9.76 Å². The minimum absolute atomic E-state index is 0.0294. The molecular formula is C49H33O2S-. The van der Waals surface area contributed by atoms with Gasteiger partial charge >= 0.3 is 0 Å². The first-order chi connectivity index (χ1) is 25.6. The zero-order valence-corrected chi connectivity index (χ0v) is 29.1. The van der Waals surface area contributed by atoms with E-state index in [9.17, 15) is 9.00 Å². The summed E-state index contributed by atoms with van der Waals surface area (Å²) in [6, 6.07) is 60.4. The van der Waals surface area contributed by atoms with Gasteiger partial charge in [0.25, 0.3) is 0 Å². The molecule has 2 nitrogen and oxygen atoms in total. The number of rotatable bonds is 6. The Kier molecular flexibility index (Phi) is 8.19. The van der Waals surface area contributed by atoms with Gasteiger partial charge in [-0.3, -0.25) is 4.79 Å². The van der Waals surface area contributed by atoms with E-state index in [1.807, 2.05) is 109 Å². The van der Waals surface area contributed by atoms with E-state index in [0.717, 1.165) is 66.8 Å². The molecule has 7 aromatic rings. The normalized spacial score (nSPS) is 15.2. The Morgan fingerprint density at radius 1 is 0.385 bits per heavy atom. The lowest BCUT2D eigenvalue weighted by Gasteiger charge is -2.31. The highest BCUT2D eigenvalue weighted by molar-refractivity contribution is 7.85. The lowest BCUT2D eigenvalue weighted by Crippen LogP contribution is -2.29. The van der Waals surface area contributed by atoms with Crippen LogP contribution in [0.4, 0.5) is 0 Å². The Hall–Kier alpha value is -6.29. The van der Waals surface area contributed by atoms with Crippen LogP contribution >= 0.6 is 0 Å². The molecule has 248 valence electrons. The zero-order valence-electron chi connectivity index (χ0n) is 28.3. The fourth-order valence-electron chi connectivity index (χ4n) is 7.30. The maximum absolute atomic E-state index is 14.5. The maximum Gasteiger partial charge on any atom is 0.170 e. The lowest BCUT2D eigenvalue weighted by molar-refractivity contribution is 0.0969. The van der Waals surface area contributed by atoms with Crippen LogP contribution in [-0.2, 0) is 14.6 Å². The van der Waals surface area contributed by atoms with Crippen LogP contribution in [0.3, 0.4) is 0 Å². The number of fused-ring (bicyclic) bond motifs is 2.